The van der Waals surface area contributed by atoms with E-state index in [0.29, 0.717) is 18.5 Å². The van der Waals surface area contributed by atoms with E-state index in [1.807, 2.05) is 25.1 Å². The van der Waals surface area contributed by atoms with E-state index in [1.165, 1.54) is 11.0 Å². The third kappa shape index (κ3) is 2.33. The molecule has 1 fully saturated rings. The Morgan fingerprint density at radius 3 is 2.50 bits per heavy atom. The quantitative estimate of drug-likeness (QED) is 0.858. The molecule has 4 nitrogen and oxygen atoms in total. The Balaban J connectivity index is 2.55. The van der Waals surface area contributed by atoms with Gasteiger partial charge in [0.25, 0.3) is 5.91 Å². The van der Waals surface area contributed by atoms with Crippen molar-refractivity contribution in [2.24, 2.45) is 0 Å². The maximum absolute atomic E-state index is 12.3. The summed E-state index contributed by atoms with van der Waals surface area (Å²) in [5.74, 6) is -1.30. The van der Waals surface area contributed by atoms with E-state index in [4.69, 9.17) is 0 Å². The summed E-state index contributed by atoms with van der Waals surface area (Å²) < 4.78 is 0. The minimum Gasteiger partial charge on any atom is -0.479 e. The summed E-state index contributed by atoms with van der Waals surface area (Å²) in [5, 5.41) is 9.68. The van der Waals surface area contributed by atoms with Crippen molar-refractivity contribution < 1.29 is 14.7 Å². The number of hydrogen-bond donors (Lipinski definition) is 1. The molecule has 20 heavy (non-hydrogen) atoms. The number of amides is 1. The van der Waals surface area contributed by atoms with Gasteiger partial charge in [-0.05, 0) is 43.5 Å². The van der Waals surface area contributed by atoms with Gasteiger partial charge in [-0.15, -0.1) is 0 Å². The van der Waals surface area contributed by atoms with Gasteiger partial charge in [-0.2, -0.15) is 0 Å². The fourth-order valence-electron chi connectivity index (χ4n) is 2.94. The van der Waals surface area contributed by atoms with Gasteiger partial charge >= 0.3 is 5.97 Å². The van der Waals surface area contributed by atoms with Crippen LogP contribution in [0.2, 0.25) is 0 Å². The molecule has 1 aromatic carbocycles. The highest BCUT2D eigenvalue weighted by molar-refractivity contribution is 6.07. The lowest BCUT2D eigenvalue weighted by molar-refractivity contribution is -0.144. The van der Waals surface area contributed by atoms with Crippen LogP contribution in [0, 0.1) is 6.92 Å². The van der Waals surface area contributed by atoms with Crippen LogP contribution in [0.4, 0.5) is 5.69 Å². The molecule has 1 saturated carbocycles. The molecule has 0 heterocycles. The molecule has 0 spiro atoms. The number of hydrogen-bond acceptors (Lipinski definition) is 2. The van der Waals surface area contributed by atoms with Gasteiger partial charge in [0.2, 0.25) is 0 Å². The summed E-state index contributed by atoms with van der Waals surface area (Å²) in [6, 6.07) is 7.36. The number of nitrogens with zero attached hydrogens (tertiary/aromatic N) is 1. The van der Waals surface area contributed by atoms with E-state index in [-0.39, 0.29) is 5.91 Å². The predicted octanol–water partition coefficient (Wildman–Crippen LogP) is 2.91. The molecule has 4 heteroatoms. The third-order valence-electron chi connectivity index (χ3n) is 3.91. The van der Waals surface area contributed by atoms with Crippen molar-refractivity contribution in [3.63, 3.8) is 0 Å². The Bertz CT molecular complexity index is 544. The first-order chi connectivity index (χ1) is 9.51. The lowest BCUT2D eigenvalue weighted by Gasteiger charge is -2.37. The van der Waals surface area contributed by atoms with Crippen LogP contribution in [0.3, 0.4) is 0 Å². The highest BCUT2D eigenvalue weighted by atomic mass is 16.4. The zero-order valence-electron chi connectivity index (χ0n) is 11.6. The van der Waals surface area contributed by atoms with Gasteiger partial charge in [-0.25, -0.2) is 4.79 Å². The number of benzene rings is 1. The SMILES string of the molecule is C=CC(=O)N(c1cccc(C)c1)C1(C(=O)O)CCCC1. The van der Waals surface area contributed by atoms with E-state index in [1.54, 1.807) is 6.07 Å². The molecule has 1 aromatic rings. The molecule has 0 unspecified atom stereocenters. The van der Waals surface area contributed by atoms with Crippen LogP contribution in [-0.4, -0.2) is 22.5 Å². The number of carbonyl (C=O) groups excluding carboxylic acids is 1. The molecule has 0 atom stereocenters. The van der Waals surface area contributed by atoms with Crippen molar-refractivity contribution in [1.82, 2.24) is 0 Å². The second-order valence-electron chi connectivity index (χ2n) is 5.26. The first-order valence-corrected chi connectivity index (χ1v) is 6.78. The number of carboxylic acid groups (broad SMARTS) is 1. The molecule has 2 rings (SSSR count). The van der Waals surface area contributed by atoms with Crippen LogP contribution in [0.25, 0.3) is 0 Å². The summed E-state index contributed by atoms with van der Waals surface area (Å²) in [7, 11) is 0. The van der Waals surface area contributed by atoms with Gasteiger partial charge in [0.15, 0.2) is 0 Å². The standard InChI is InChI=1S/C16H19NO3/c1-3-14(18)17(13-8-6-7-12(2)11-13)16(15(19)20)9-4-5-10-16/h3,6-8,11H,1,4-5,9-10H2,2H3,(H,19,20). The topological polar surface area (TPSA) is 57.6 Å². The van der Waals surface area contributed by atoms with Crippen LogP contribution in [0.5, 0.6) is 0 Å². The third-order valence-corrected chi connectivity index (χ3v) is 3.91. The molecule has 0 radical (unpaired) electrons. The van der Waals surface area contributed by atoms with Crippen LogP contribution < -0.4 is 4.90 Å². The van der Waals surface area contributed by atoms with Crippen molar-refractivity contribution in [2.75, 3.05) is 4.90 Å². The molecular formula is C16H19NO3. The number of anilines is 1. The summed E-state index contributed by atoms with van der Waals surface area (Å²) in [6.45, 7) is 5.43. The molecule has 0 saturated heterocycles. The van der Waals surface area contributed by atoms with Crippen LogP contribution >= 0.6 is 0 Å². The normalized spacial score (nSPS) is 16.6. The minimum atomic E-state index is -1.14. The maximum atomic E-state index is 12.3. The predicted molar refractivity (Wildman–Crippen MR) is 77.7 cm³/mol. The van der Waals surface area contributed by atoms with Crippen molar-refractivity contribution >= 4 is 17.6 Å². The molecule has 0 aromatic heterocycles. The van der Waals surface area contributed by atoms with Crippen molar-refractivity contribution in [2.45, 2.75) is 38.1 Å². The highest BCUT2D eigenvalue weighted by Gasteiger charge is 2.48. The van der Waals surface area contributed by atoms with Crippen LogP contribution in [0.15, 0.2) is 36.9 Å². The summed E-state index contributed by atoms with van der Waals surface area (Å²) in [6.07, 6.45) is 3.79. The Morgan fingerprint density at radius 2 is 2.00 bits per heavy atom. The van der Waals surface area contributed by atoms with E-state index in [2.05, 4.69) is 6.58 Å². The largest absolute Gasteiger partial charge is 0.479 e. The van der Waals surface area contributed by atoms with Gasteiger partial charge in [0.1, 0.15) is 5.54 Å². The van der Waals surface area contributed by atoms with Gasteiger partial charge < -0.3 is 5.11 Å². The summed E-state index contributed by atoms with van der Waals surface area (Å²) >= 11 is 0. The first kappa shape index (κ1) is 14.3. The Morgan fingerprint density at radius 1 is 1.35 bits per heavy atom. The fourth-order valence-corrected chi connectivity index (χ4v) is 2.94. The lowest BCUT2D eigenvalue weighted by Crippen LogP contribution is -2.55. The average Bonchev–Trinajstić information content (AvgIpc) is 2.89. The van der Waals surface area contributed by atoms with Crippen LogP contribution in [0.1, 0.15) is 31.2 Å². The van der Waals surface area contributed by atoms with Crippen molar-refractivity contribution in [1.29, 1.82) is 0 Å². The second kappa shape index (κ2) is 5.49. The second-order valence-corrected chi connectivity index (χ2v) is 5.26. The molecule has 1 aliphatic carbocycles. The van der Waals surface area contributed by atoms with E-state index < -0.39 is 11.5 Å². The minimum absolute atomic E-state index is 0.361. The number of carboxylic acids is 1. The van der Waals surface area contributed by atoms with Gasteiger partial charge in [0.05, 0.1) is 0 Å². The molecular weight excluding hydrogens is 254 g/mol. The average molecular weight is 273 g/mol. The molecule has 0 bridgehead atoms. The van der Waals surface area contributed by atoms with Crippen LogP contribution in [-0.2, 0) is 9.59 Å². The first-order valence-electron chi connectivity index (χ1n) is 6.78. The summed E-state index contributed by atoms with van der Waals surface area (Å²) in [4.78, 5) is 25.5. The Hall–Kier alpha value is -2.10. The maximum Gasteiger partial charge on any atom is 0.330 e. The number of rotatable bonds is 4. The zero-order chi connectivity index (χ0) is 14.8. The summed E-state index contributed by atoms with van der Waals surface area (Å²) in [5.41, 5.74) is 0.473. The molecule has 106 valence electrons. The van der Waals surface area contributed by atoms with E-state index in [9.17, 15) is 14.7 Å². The van der Waals surface area contributed by atoms with Crippen molar-refractivity contribution in [3.05, 3.63) is 42.5 Å². The van der Waals surface area contributed by atoms with Gasteiger partial charge in [-0.1, -0.05) is 31.6 Å². The molecule has 0 aliphatic heterocycles. The van der Waals surface area contributed by atoms with Crippen molar-refractivity contribution in [3.8, 4) is 0 Å². The lowest BCUT2D eigenvalue weighted by atomic mass is 9.93. The molecule has 1 N–H and O–H groups in total. The number of aliphatic carboxylic acids is 1. The number of aryl methyl sites for hydroxylation is 1. The smallest absolute Gasteiger partial charge is 0.330 e. The Labute approximate surface area is 118 Å². The highest BCUT2D eigenvalue weighted by Crippen LogP contribution is 2.39. The zero-order valence-corrected chi connectivity index (χ0v) is 11.6. The molecule has 1 amide bonds. The Kier molecular flexibility index (Phi) is 3.93. The van der Waals surface area contributed by atoms with E-state index in [0.717, 1.165) is 18.4 Å². The van der Waals surface area contributed by atoms with Gasteiger partial charge in [0, 0.05) is 5.69 Å². The fraction of sp³-hybridized carbons (Fsp3) is 0.375. The van der Waals surface area contributed by atoms with E-state index >= 15 is 0 Å². The molecule has 1 aliphatic rings. The van der Waals surface area contributed by atoms with Gasteiger partial charge in [-0.3, -0.25) is 9.69 Å². The monoisotopic (exact) mass is 273 g/mol. The number of carbonyl (C=O) groups is 2.